The van der Waals surface area contributed by atoms with Gasteiger partial charge in [0, 0.05) is 23.1 Å². The first kappa shape index (κ1) is 16.1. The number of halogens is 1. The van der Waals surface area contributed by atoms with E-state index in [0.29, 0.717) is 5.56 Å². The van der Waals surface area contributed by atoms with Crippen LogP contribution in [0, 0.1) is 0 Å². The van der Waals surface area contributed by atoms with Crippen LogP contribution in [0.15, 0.2) is 27.8 Å². The van der Waals surface area contributed by atoms with Crippen LogP contribution < -0.4 is 10.6 Å². The summed E-state index contributed by atoms with van der Waals surface area (Å²) < 4.78 is 7.02. The fourth-order valence-electron chi connectivity index (χ4n) is 2.94. The van der Waals surface area contributed by atoms with E-state index in [1.165, 1.54) is 0 Å². The first-order chi connectivity index (χ1) is 9.63. The van der Waals surface area contributed by atoms with Crippen molar-refractivity contribution in [3.8, 4) is 0 Å². The lowest BCUT2D eigenvalue weighted by Gasteiger charge is -2.48. The minimum atomic E-state index is -0.217. The van der Waals surface area contributed by atoms with Crippen LogP contribution in [0.5, 0.6) is 0 Å². The summed E-state index contributed by atoms with van der Waals surface area (Å²) in [6, 6.07) is 5.69. The van der Waals surface area contributed by atoms with Gasteiger partial charge in [-0.2, -0.15) is 0 Å². The highest BCUT2D eigenvalue weighted by Crippen LogP contribution is 2.35. The zero-order chi connectivity index (χ0) is 15.8. The molecule has 6 heteroatoms. The van der Waals surface area contributed by atoms with Gasteiger partial charge in [-0.05, 0) is 61.8 Å². The van der Waals surface area contributed by atoms with Crippen LogP contribution in [0.4, 0.5) is 5.69 Å². The topological polar surface area (TPSA) is 71.1 Å². The number of hydrogen-bond acceptors (Lipinski definition) is 4. The van der Waals surface area contributed by atoms with Crippen molar-refractivity contribution in [1.29, 1.82) is 0 Å². The molecule has 1 aliphatic rings. The number of anilines is 1. The number of nitrogens with zero attached hydrogens (tertiary/aromatic N) is 2. The van der Waals surface area contributed by atoms with Crippen LogP contribution in [-0.4, -0.2) is 35.3 Å². The van der Waals surface area contributed by atoms with Gasteiger partial charge in [-0.1, -0.05) is 5.16 Å². The monoisotopic (exact) mass is 355 g/mol. The van der Waals surface area contributed by atoms with Gasteiger partial charge >= 0.3 is 0 Å². The minimum Gasteiger partial charge on any atom is -0.409 e. The Bertz CT molecular complexity index is 554. The van der Waals surface area contributed by atoms with Crippen LogP contribution >= 0.6 is 15.9 Å². The van der Waals surface area contributed by atoms with Crippen molar-refractivity contribution in [3.05, 3.63) is 28.2 Å². The van der Waals surface area contributed by atoms with Crippen molar-refractivity contribution >= 4 is 27.5 Å². The van der Waals surface area contributed by atoms with Crippen molar-refractivity contribution in [2.75, 3.05) is 18.0 Å². The van der Waals surface area contributed by atoms with Gasteiger partial charge in [-0.15, -0.1) is 0 Å². The van der Waals surface area contributed by atoms with E-state index >= 15 is 0 Å². The Morgan fingerprint density at radius 2 is 1.86 bits per heavy atom. The van der Waals surface area contributed by atoms with Crippen LogP contribution in [0.3, 0.4) is 0 Å². The van der Waals surface area contributed by atoms with E-state index in [1.54, 1.807) is 0 Å². The molecule has 0 radical (unpaired) electrons. The SMILES string of the molecule is CC1(C)CN(c2ccc(/C(N)=N/O)cc2Br)CC(C)(C)O1. The molecule has 1 aromatic rings. The molecule has 0 aromatic heterocycles. The molecule has 21 heavy (non-hydrogen) atoms. The molecule has 0 atom stereocenters. The maximum atomic E-state index is 8.76. The zero-order valence-corrected chi connectivity index (χ0v) is 14.4. The Morgan fingerprint density at radius 1 is 1.29 bits per heavy atom. The van der Waals surface area contributed by atoms with Crippen molar-refractivity contribution in [3.63, 3.8) is 0 Å². The smallest absolute Gasteiger partial charge is 0.170 e. The molecule has 1 saturated heterocycles. The second-order valence-corrected chi connectivity index (χ2v) is 7.48. The van der Waals surface area contributed by atoms with Gasteiger partial charge in [0.25, 0.3) is 0 Å². The lowest BCUT2D eigenvalue weighted by molar-refractivity contribution is -0.133. The van der Waals surface area contributed by atoms with Crippen LogP contribution in [0.1, 0.15) is 33.3 Å². The summed E-state index contributed by atoms with van der Waals surface area (Å²) in [6.07, 6.45) is 0. The maximum absolute atomic E-state index is 8.76. The number of morpholine rings is 1. The fourth-order valence-corrected chi connectivity index (χ4v) is 3.57. The third-order valence-electron chi connectivity index (χ3n) is 3.39. The Kier molecular flexibility index (Phi) is 4.22. The van der Waals surface area contributed by atoms with E-state index in [-0.39, 0.29) is 17.0 Å². The predicted molar refractivity (Wildman–Crippen MR) is 88.1 cm³/mol. The van der Waals surface area contributed by atoms with Crippen LogP contribution in [0.25, 0.3) is 0 Å². The summed E-state index contributed by atoms with van der Waals surface area (Å²) in [5, 5.41) is 11.8. The normalized spacial score (nSPS) is 21.4. The molecule has 3 N–H and O–H groups in total. The van der Waals surface area contributed by atoms with Crippen molar-refractivity contribution < 1.29 is 9.94 Å². The number of benzene rings is 1. The van der Waals surface area contributed by atoms with Crippen LogP contribution in [-0.2, 0) is 4.74 Å². The number of rotatable bonds is 2. The van der Waals surface area contributed by atoms with Gasteiger partial charge in [0.15, 0.2) is 5.84 Å². The summed E-state index contributed by atoms with van der Waals surface area (Å²) in [4.78, 5) is 2.30. The Hall–Kier alpha value is -1.27. The first-order valence-electron chi connectivity index (χ1n) is 6.86. The summed E-state index contributed by atoms with van der Waals surface area (Å²) >= 11 is 3.58. The van der Waals surface area contributed by atoms with Gasteiger partial charge in [0.1, 0.15) is 0 Å². The molecule has 1 aromatic carbocycles. The predicted octanol–water partition coefficient (Wildman–Crippen LogP) is 2.94. The molecule has 0 bridgehead atoms. The van der Waals surface area contributed by atoms with E-state index < -0.39 is 0 Å². The molecule has 0 amide bonds. The first-order valence-corrected chi connectivity index (χ1v) is 7.65. The van der Waals surface area contributed by atoms with Crippen molar-refractivity contribution in [2.24, 2.45) is 10.9 Å². The second kappa shape index (κ2) is 5.50. The van der Waals surface area contributed by atoms with Crippen molar-refractivity contribution in [1.82, 2.24) is 0 Å². The lowest BCUT2D eigenvalue weighted by atomic mass is 9.98. The summed E-state index contributed by atoms with van der Waals surface area (Å²) in [6.45, 7) is 9.99. The van der Waals surface area contributed by atoms with E-state index in [4.69, 9.17) is 15.7 Å². The molecule has 116 valence electrons. The molecule has 0 saturated carbocycles. The number of ether oxygens (including phenoxy) is 1. The highest BCUT2D eigenvalue weighted by molar-refractivity contribution is 9.10. The third-order valence-corrected chi connectivity index (χ3v) is 4.02. The Balaban J connectivity index is 2.34. The van der Waals surface area contributed by atoms with Gasteiger partial charge in [-0.3, -0.25) is 0 Å². The molecule has 5 nitrogen and oxygen atoms in total. The average molecular weight is 356 g/mol. The van der Waals surface area contributed by atoms with Gasteiger partial charge < -0.3 is 20.6 Å². The van der Waals surface area contributed by atoms with Gasteiger partial charge in [0.2, 0.25) is 0 Å². The second-order valence-electron chi connectivity index (χ2n) is 6.63. The zero-order valence-electron chi connectivity index (χ0n) is 12.9. The molecule has 1 aliphatic heterocycles. The van der Waals surface area contributed by atoms with Gasteiger partial charge in [0.05, 0.1) is 16.9 Å². The molecule has 0 unspecified atom stereocenters. The van der Waals surface area contributed by atoms with E-state index in [1.807, 2.05) is 18.2 Å². The molecular weight excluding hydrogens is 334 g/mol. The minimum absolute atomic E-state index is 0.102. The summed E-state index contributed by atoms with van der Waals surface area (Å²) in [7, 11) is 0. The quantitative estimate of drug-likeness (QED) is 0.370. The third kappa shape index (κ3) is 3.68. The number of nitrogens with two attached hydrogens (primary N) is 1. The lowest BCUT2D eigenvalue weighted by Crippen LogP contribution is -2.57. The number of amidine groups is 1. The molecule has 0 aliphatic carbocycles. The molecule has 1 fully saturated rings. The number of oxime groups is 1. The highest BCUT2D eigenvalue weighted by Gasteiger charge is 2.38. The fraction of sp³-hybridized carbons (Fsp3) is 0.533. The standard InChI is InChI=1S/C15H22BrN3O2/c1-14(2)8-19(9-15(3,4)21-14)12-6-5-10(7-11(12)16)13(17)18-20/h5-7,20H,8-9H2,1-4H3,(H2,17,18). The number of hydrogen-bond donors (Lipinski definition) is 2. The molecule has 0 spiro atoms. The molecule has 2 rings (SSSR count). The largest absolute Gasteiger partial charge is 0.409 e. The maximum Gasteiger partial charge on any atom is 0.170 e. The Labute approximate surface area is 133 Å². The van der Waals surface area contributed by atoms with E-state index in [9.17, 15) is 0 Å². The van der Waals surface area contributed by atoms with Crippen molar-refractivity contribution in [2.45, 2.75) is 38.9 Å². The molecule has 1 heterocycles. The average Bonchev–Trinajstić information content (AvgIpc) is 2.33. The highest BCUT2D eigenvalue weighted by atomic mass is 79.9. The van der Waals surface area contributed by atoms with E-state index in [0.717, 1.165) is 23.2 Å². The van der Waals surface area contributed by atoms with E-state index in [2.05, 4.69) is 53.7 Å². The van der Waals surface area contributed by atoms with Gasteiger partial charge in [-0.25, -0.2) is 0 Å². The Morgan fingerprint density at radius 3 is 2.33 bits per heavy atom. The van der Waals surface area contributed by atoms with Crippen LogP contribution in [0.2, 0.25) is 0 Å². The summed E-state index contributed by atoms with van der Waals surface area (Å²) in [5.41, 5.74) is 6.95. The summed E-state index contributed by atoms with van der Waals surface area (Å²) in [5.74, 6) is 0.102. The molecular formula is C15H22BrN3O2.